The molecular weight excluding hydrogens is 270 g/mol. The highest BCUT2D eigenvalue weighted by molar-refractivity contribution is 6.17. The van der Waals surface area contributed by atoms with Crippen molar-refractivity contribution in [1.82, 2.24) is 0 Å². The van der Waals surface area contributed by atoms with Crippen molar-refractivity contribution in [3.05, 3.63) is 64.7 Å². The van der Waals surface area contributed by atoms with Gasteiger partial charge in [0.25, 0.3) is 0 Å². The van der Waals surface area contributed by atoms with E-state index in [1.54, 1.807) is 25.1 Å². The Bertz CT molecular complexity index is 584. The second-order valence-electron chi connectivity index (χ2n) is 4.22. The van der Waals surface area contributed by atoms with Crippen molar-refractivity contribution >= 4 is 11.6 Å². The van der Waals surface area contributed by atoms with Crippen LogP contribution in [-0.4, -0.2) is 0 Å². The Morgan fingerprint density at radius 2 is 1.89 bits per heavy atom. The van der Waals surface area contributed by atoms with Gasteiger partial charge in [0, 0.05) is 5.56 Å². The summed E-state index contributed by atoms with van der Waals surface area (Å²) in [6.07, 6.45) is 0. The van der Waals surface area contributed by atoms with Crippen LogP contribution >= 0.6 is 11.6 Å². The van der Waals surface area contributed by atoms with Crippen LogP contribution in [0.15, 0.2) is 36.4 Å². The maximum Gasteiger partial charge on any atom is 0.165 e. The molecule has 100 valence electrons. The molecule has 0 fully saturated rings. The van der Waals surface area contributed by atoms with Crippen molar-refractivity contribution in [2.45, 2.75) is 19.4 Å². The van der Waals surface area contributed by atoms with Crippen LogP contribution < -0.4 is 4.74 Å². The van der Waals surface area contributed by atoms with Crippen molar-refractivity contribution in [1.29, 1.82) is 0 Å². The van der Waals surface area contributed by atoms with Crippen LogP contribution in [0.25, 0.3) is 0 Å². The SMILES string of the molecule is Cc1cc(F)ccc1COc1c(F)cccc1CCl. The summed E-state index contributed by atoms with van der Waals surface area (Å²) in [6.45, 7) is 1.96. The average Bonchev–Trinajstić information content (AvgIpc) is 2.39. The van der Waals surface area contributed by atoms with Crippen LogP contribution in [0.4, 0.5) is 8.78 Å². The van der Waals surface area contributed by atoms with E-state index in [0.717, 1.165) is 11.1 Å². The molecule has 0 bridgehead atoms. The summed E-state index contributed by atoms with van der Waals surface area (Å²) < 4.78 is 32.1. The molecule has 0 aliphatic rings. The first-order valence-corrected chi connectivity index (χ1v) is 6.36. The number of rotatable bonds is 4. The lowest BCUT2D eigenvalue weighted by Gasteiger charge is -2.12. The maximum atomic E-state index is 13.7. The lowest BCUT2D eigenvalue weighted by molar-refractivity contribution is 0.287. The van der Waals surface area contributed by atoms with E-state index >= 15 is 0 Å². The molecule has 1 nitrogen and oxygen atoms in total. The number of hydrogen-bond acceptors (Lipinski definition) is 1. The van der Waals surface area contributed by atoms with Gasteiger partial charge in [-0.15, -0.1) is 11.6 Å². The third-order valence-electron chi connectivity index (χ3n) is 2.87. The molecule has 2 aromatic carbocycles. The van der Waals surface area contributed by atoms with Gasteiger partial charge in [-0.05, 0) is 36.2 Å². The van der Waals surface area contributed by atoms with Gasteiger partial charge in [0.05, 0.1) is 5.88 Å². The van der Waals surface area contributed by atoms with E-state index < -0.39 is 5.82 Å². The zero-order valence-corrected chi connectivity index (χ0v) is 11.2. The number of ether oxygens (including phenoxy) is 1. The molecule has 2 rings (SSSR count). The standard InChI is InChI=1S/C15H13ClF2O/c1-10-7-13(17)6-5-12(10)9-19-15-11(8-16)3-2-4-14(15)18/h2-7H,8-9H2,1H3. The molecule has 0 atom stereocenters. The Balaban J connectivity index is 2.19. The third-order valence-corrected chi connectivity index (χ3v) is 3.16. The zero-order chi connectivity index (χ0) is 13.8. The van der Waals surface area contributed by atoms with Crippen molar-refractivity contribution < 1.29 is 13.5 Å². The highest BCUT2D eigenvalue weighted by Gasteiger charge is 2.10. The van der Waals surface area contributed by atoms with E-state index in [1.807, 2.05) is 0 Å². The van der Waals surface area contributed by atoms with Crippen molar-refractivity contribution in [3.63, 3.8) is 0 Å². The molecule has 2 aromatic rings. The minimum absolute atomic E-state index is 0.154. The van der Waals surface area contributed by atoms with Gasteiger partial charge in [-0.2, -0.15) is 0 Å². The van der Waals surface area contributed by atoms with Crippen LogP contribution in [0.2, 0.25) is 0 Å². The van der Waals surface area contributed by atoms with E-state index in [1.165, 1.54) is 18.2 Å². The molecule has 19 heavy (non-hydrogen) atoms. The molecule has 0 unspecified atom stereocenters. The molecule has 0 N–H and O–H groups in total. The van der Waals surface area contributed by atoms with Crippen LogP contribution in [-0.2, 0) is 12.5 Å². The van der Waals surface area contributed by atoms with Gasteiger partial charge < -0.3 is 4.74 Å². The van der Waals surface area contributed by atoms with Crippen molar-refractivity contribution in [2.75, 3.05) is 0 Å². The topological polar surface area (TPSA) is 9.23 Å². The smallest absolute Gasteiger partial charge is 0.165 e. The van der Waals surface area contributed by atoms with E-state index in [0.29, 0.717) is 5.56 Å². The summed E-state index contributed by atoms with van der Waals surface area (Å²) in [7, 11) is 0. The van der Waals surface area contributed by atoms with Gasteiger partial charge in [0.1, 0.15) is 12.4 Å². The molecule has 0 radical (unpaired) electrons. The predicted octanol–water partition coefficient (Wildman–Crippen LogP) is 4.59. The van der Waals surface area contributed by atoms with Crippen LogP contribution in [0.3, 0.4) is 0 Å². The lowest BCUT2D eigenvalue weighted by Crippen LogP contribution is -2.02. The summed E-state index contributed by atoms with van der Waals surface area (Å²) in [5.74, 6) is -0.414. The maximum absolute atomic E-state index is 13.7. The normalized spacial score (nSPS) is 10.5. The number of para-hydroxylation sites is 1. The molecule has 0 amide bonds. The van der Waals surface area contributed by atoms with Gasteiger partial charge in [-0.3, -0.25) is 0 Å². The number of halogens is 3. The number of alkyl halides is 1. The van der Waals surface area contributed by atoms with Crippen LogP contribution in [0.1, 0.15) is 16.7 Å². The van der Waals surface area contributed by atoms with Gasteiger partial charge in [-0.25, -0.2) is 8.78 Å². The van der Waals surface area contributed by atoms with Gasteiger partial charge in [-0.1, -0.05) is 18.2 Å². The molecule has 4 heteroatoms. The molecule has 0 aliphatic carbocycles. The average molecular weight is 283 g/mol. The molecule has 0 saturated carbocycles. The second kappa shape index (κ2) is 6.02. The quantitative estimate of drug-likeness (QED) is 0.745. The number of hydrogen-bond donors (Lipinski definition) is 0. The fraction of sp³-hybridized carbons (Fsp3) is 0.200. The zero-order valence-electron chi connectivity index (χ0n) is 10.4. The molecule has 0 spiro atoms. The summed E-state index contributed by atoms with van der Waals surface area (Å²) in [4.78, 5) is 0. The molecular formula is C15H13ClF2O. The number of aryl methyl sites for hydroxylation is 1. The fourth-order valence-corrected chi connectivity index (χ4v) is 2.00. The summed E-state index contributed by atoms with van der Waals surface area (Å²) >= 11 is 5.74. The Kier molecular flexibility index (Phi) is 4.38. The highest BCUT2D eigenvalue weighted by atomic mass is 35.5. The van der Waals surface area contributed by atoms with Crippen LogP contribution in [0.5, 0.6) is 5.75 Å². The van der Waals surface area contributed by atoms with Gasteiger partial charge >= 0.3 is 0 Å². The first kappa shape index (κ1) is 13.8. The van der Waals surface area contributed by atoms with E-state index in [9.17, 15) is 8.78 Å². The minimum atomic E-state index is -0.446. The monoisotopic (exact) mass is 282 g/mol. The largest absolute Gasteiger partial charge is 0.485 e. The Hall–Kier alpha value is -1.61. The fourth-order valence-electron chi connectivity index (χ4n) is 1.79. The Labute approximate surface area is 115 Å². The molecule has 0 heterocycles. The summed E-state index contributed by atoms with van der Waals surface area (Å²) in [5, 5.41) is 0. The lowest BCUT2D eigenvalue weighted by atomic mass is 10.1. The van der Waals surface area contributed by atoms with Gasteiger partial charge in [0.15, 0.2) is 11.6 Å². The van der Waals surface area contributed by atoms with E-state index in [-0.39, 0.29) is 24.1 Å². The highest BCUT2D eigenvalue weighted by Crippen LogP contribution is 2.25. The second-order valence-corrected chi connectivity index (χ2v) is 4.49. The third kappa shape index (κ3) is 3.24. The van der Waals surface area contributed by atoms with Gasteiger partial charge in [0.2, 0.25) is 0 Å². The van der Waals surface area contributed by atoms with E-state index in [4.69, 9.17) is 16.3 Å². The minimum Gasteiger partial charge on any atom is -0.485 e. The van der Waals surface area contributed by atoms with Crippen molar-refractivity contribution in [3.8, 4) is 5.75 Å². The van der Waals surface area contributed by atoms with Crippen LogP contribution in [0, 0.1) is 18.6 Å². The first-order chi connectivity index (χ1) is 9.11. The summed E-state index contributed by atoms with van der Waals surface area (Å²) in [5.41, 5.74) is 2.18. The Morgan fingerprint density at radius 1 is 1.11 bits per heavy atom. The summed E-state index contributed by atoms with van der Waals surface area (Å²) in [6, 6.07) is 9.03. The van der Waals surface area contributed by atoms with E-state index in [2.05, 4.69) is 0 Å². The first-order valence-electron chi connectivity index (χ1n) is 5.83. The molecule has 0 aromatic heterocycles. The molecule has 0 aliphatic heterocycles. The predicted molar refractivity (Wildman–Crippen MR) is 71.4 cm³/mol. The molecule has 0 saturated heterocycles. The Morgan fingerprint density at radius 3 is 2.58 bits per heavy atom. The number of benzene rings is 2. The van der Waals surface area contributed by atoms with Crippen molar-refractivity contribution in [2.24, 2.45) is 0 Å².